The molecule has 0 amide bonds. The Labute approximate surface area is 183 Å². The summed E-state index contributed by atoms with van der Waals surface area (Å²) in [5.41, 5.74) is 4.26. The zero-order valence-corrected chi connectivity index (χ0v) is 17.7. The van der Waals surface area contributed by atoms with Crippen molar-refractivity contribution in [2.45, 2.75) is 38.8 Å². The number of hydrogen-bond acceptors (Lipinski definition) is 6. The number of aromatic nitrogens is 3. The van der Waals surface area contributed by atoms with Crippen LogP contribution in [0.4, 0.5) is 14.6 Å². The second-order valence-corrected chi connectivity index (χ2v) is 7.70. The molecule has 0 bridgehead atoms. The summed E-state index contributed by atoms with van der Waals surface area (Å²) in [5.74, 6) is 3.49. The molecule has 2 atom stereocenters. The van der Waals surface area contributed by atoms with Gasteiger partial charge in [0.15, 0.2) is 0 Å². The maximum atomic E-state index is 13.4. The Hall–Kier alpha value is -3.51. The number of rotatable bonds is 6. The van der Waals surface area contributed by atoms with Gasteiger partial charge in [-0.25, -0.2) is 23.4 Å². The molecule has 0 unspecified atom stereocenters. The summed E-state index contributed by atoms with van der Waals surface area (Å²) in [4.78, 5) is 21.4. The van der Waals surface area contributed by atoms with Crippen LogP contribution in [0.15, 0.2) is 35.3 Å². The van der Waals surface area contributed by atoms with Gasteiger partial charge in [0, 0.05) is 24.4 Å². The number of halogens is 2. The van der Waals surface area contributed by atoms with Gasteiger partial charge in [-0.3, -0.25) is 4.79 Å². The van der Waals surface area contributed by atoms with E-state index in [9.17, 15) is 13.6 Å². The standard InChI is InChI=1S/C23H23F2N5O2/c1-4-19(16-6-5-7-17(13(16)2)22(24)25)28-23-18-11-30(29-15-8-9-32-12-15)21(31)10-20(18)26-14(3)27-23/h1,5-7,10-11,15,19,22,29H,8-9,12H2,2-3H3,(H,26,27,28)/t15-,19+/m0/s1. The first-order valence-electron chi connectivity index (χ1n) is 10.2. The minimum atomic E-state index is -2.60. The Balaban J connectivity index is 1.75. The minimum absolute atomic E-state index is 0.0196. The van der Waals surface area contributed by atoms with E-state index in [1.165, 1.54) is 16.8 Å². The summed E-state index contributed by atoms with van der Waals surface area (Å²) in [5, 5.41) is 3.75. The third-order valence-corrected chi connectivity index (χ3v) is 5.51. The van der Waals surface area contributed by atoms with Crippen LogP contribution in [0.1, 0.15) is 41.4 Å². The summed E-state index contributed by atoms with van der Waals surface area (Å²) >= 11 is 0. The van der Waals surface area contributed by atoms with Crippen molar-refractivity contribution < 1.29 is 13.5 Å². The van der Waals surface area contributed by atoms with Crippen LogP contribution in [0.3, 0.4) is 0 Å². The van der Waals surface area contributed by atoms with Crippen molar-refractivity contribution in [2.75, 3.05) is 24.0 Å². The van der Waals surface area contributed by atoms with Gasteiger partial charge in [-0.15, -0.1) is 6.42 Å². The van der Waals surface area contributed by atoms with E-state index in [-0.39, 0.29) is 17.2 Å². The van der Waals surface area contributed by atoms with E-state index in [1.807, 2.05) is 0 Å². The van der Waals surface area contributed by atoms with E-state index < -0.39 is 12.5 Å². The van der Waals surface area contributed by atoms with Crippen LogP contribution in [0.2, 0.25) is 0 Å². The van der Waals surface area contributed by atoms with E-state index in [1.54, 1.807) is 32.2 Å². The van der Waals surface area contributed by atoms with Crippen molar-refractivity contribution in [1.82, 2.24) is 14.6 Å². The molecule has 0 spiro atoms. The van der Waals surface area contributed by atoms with E-state index in [4.69, 9.17) is 11.2 Å². The highest BCUT2D eigenvalue weighted by molar-refractivity contribution is 5.88. The molecule has 3 heterocycles. The third kappa shape index (κ3) is 4.27. The van der Waals surface area contributed by atoms with Crippen molar-refractivity contribution in [1.29, 1.82) is 0 Å². The fourth-order valence-corrected chi connectivity index (χ4v) is 3.83. The lowest BCUT2D eigenvalue weighted by molar-refractivity contribution is 0.150. The molecule has 3 aromatic rings. The van der Waals surface area contributed by atoms with Gasteiger partial charge in [-0.2, -0.15) is 0 Å². The molecular formula is C23H23F2N5O2. The zero-order valence-electron chi connectivity index (χ0n) is 17.7. The van der Waals surface area contributed by atoms with Gasteiger partial charge in [0.05, 0.1) is 23.6 Å². The number of hydrogen-bond donors (Lipinski definition) is 2. The zero-order chi connectivity index (χ0) is 22.8. The number of alkyl halides is 2. The Morgan fingerprint density at radius 3 is 2.75 bits per heavy atom. The number of fused-ring (bicyclic) bond motifs is 1. The largest absolute Gasteiger partial charge is 0.379 e. The first-order valence-corrected chi connectivity index (χ1v) is 10.2. The van der Waals surface area contributed by atoms with E-state index in [2.05, 4.69) is 26.6 Å². The number of pyridine rings is 1. The Bertz CT molecular complexity index is 1250. The van der Waals surface area contributed by atoms with Gasteiger partial charge in [-0.05, 0) is 31.4 Å². The van der Waals surface area contributed by atoms with Crippen molar-refractivity contribution >= 4 is 16.7 Å². The van der Waals surface area contributed by atoms with Gasteiger partial charge in [-0.1, -0.05) is 24.1 Å². The predicted octanol–water partition coefficient (Wildman–Crippen LogP) is 3.46. The van der Waals surface area contributed by atoms with Crippen LogP contribution in [0, 0.1) is 26.2 Å². The molecule has 2 N–H and O–H groups in total. The minimum Gasteiger partial charge on any atom is -0.379 e. The quantitative estimate of drug-likeness (QED) is 0.573. The van der Waals surface area contributed by atoms with Gasteiger partial charge < -0.3 is 15.5 Å². The van der Waals surface area contributed by atoms with Crippen molar-refractivity contribution in [3.8, 4) is 12.3 Å². The van der Waals surface area contributed by atoms with E-state index in [0.717, 1.165) is 6.42 Å². The molecular weight excluding hydrogens is 416 g/mol. The van der Waals surface area contributed by atoms with Crippen LogP contribution in [0.25, 0.3) is 10.9 Å². The fraction of sp³-hybridized carbons (Fsp3) is 0.348. The number of terminal acetylenes is 1. The molecule has 32 heavy (non-hydrogen) atoms. The topological polar surface area (TPSA) is 81.1 Å². The molecule has 1 saturated heterocycles. The molecule has 1 aromatic carbocycles. The highest BCUT2D eigenvalue weighted by atomic mass is 19.3. The smallest absolute Gasteiger partial charge is 0.270 e. The first kappa shape index (κ1) is 21.7. The molecule has 0 radical (unpaired) electrons. The van der Waals surface area contributed by atoms with Gasteiger partial charge >= 0.3 is 0 Å². The molecule has 0 aliphatic carbocycles. The average molecular weight is 439 g/mol. The van der Waals surface area contributed by atoms with Crippen molar-refractivity contribution in [3.05, 3.63) is 63.3 Å². The van der Waals surface area contributed by atoms with Crippen LogP contribution in [-0.2, 0) is 4.74 Å². The van der Waals surface area contributed by atoms with Crippen LogP contribution in [-0.4, -0.2) is 33.9 Å². The second kappa shape index (κ2) is 8.93. The second-order valence-electron chi connectivity index (χ2n) is 7.70. The van der Waals surface area contributed by atoms with Crippen LogP contribution >= 0.6 is 0 Å². The maximum absolute atomic E-state index is 13.4. The van der Waals surface area contributed by atoms with Crippen molar-refractivity contribution in [2.24, 2.45) is 0 Å². The van der Waals surface area contributed by atoms with E-state index >= 15 is 0 Å². The lowest BCUT2D eigenvalue weighted by Gasteiger charge is -2.20. The SMILES string of the molecule is C#C[C@@H](Nc1nc(C)nc2cc(=O)n(N[C@H]3CCOC3)cc12)c1cccc(C(F)F)c1C. The Morgan fingerprint density at radius 1 is 1.28 bits per heavy atom. The molecule has 0 saturated carbocycles. The highest BCUT2D eigenvalue weighted by Gasteiger charge is 2.20. The van der Waals surface area contributed by atoms with Gasteiger partial charge in [0.1, 0.15) is 17.7 Å². The van der Waals surface area contributed by atoms with Crippen LogP contribution < -0.4 is 16.3 Å². The fourth-order valence-electron chi connectivity index (χ4n) is 3.83. The highest BCUT2D eigenvalue weighted by Crippen LogP contribution is 2.30. The normalized spacial score (nSPS) is 16.8. The average Bonchev–Trinajstić information content (AvgIpc) is 3.26. The number of anilines is 1. The van der Waals surface area contributed by atoms with Crippen molar-refractivity contribution in [3.63, 3.8) is 0 Å². The van der Waals surface area contributed by atoms with Gasteiger partial charge in [0.25, 0.3) is 12.0 Å². The monoisotopic (exact) mass is 439 g/mol. The lowest BCUT2D eigenvalue weighted by Crippen LogP contribution is -2.35. The summed E-state index contributed by atoms with van der Waals surface area (Å²) in [6.07, 6.45) is 5.58. The summed E-state index contributed by atoms with van der Waals surface area (Å²) in [6, 6.07) is 5.40. The molecule has 1 fully saturated rings. The number of nitrogens with zero attached hydrogens (tertiary/aromatic N) is 3. The molecule has 7 nitrogen and oxygen atoms in total. The van der Waals surface area contributed by atoms with Crippen LogP contribution in [0.5, 0.6) is 0 Å². The maximum Gasteiger partial charge on any atom is 0.270 e. The Morgan fingerprint density at radius 2 is 2.06 bits per heavy atom. The predicted molar refractivity (Wildman–Crippen MR) is 118 cm³/mol. The first-order chi connectivity index (χ1) is 15.4. The summed E-state index contributed by atoms with van der Waals surface area (Å²) in [6.45, 7) is 4.48. The molecule has 2 aromatic heterocycles. The number of nitrogens with one attached hydrogen (secondary N) is 2. The number of ether oxygens (including phenoxy) is 1. The molecule has 9 heteroatoms. The Kier molecular flexibility index (Phi) is 6.06. The summed E-state index contributed by atoms with van der Waals surface area (Å²) in [7, 11) is 0. The molecule has 166 valence electrons. The van der Waals surface area contributed by atoms with E-state index in [0.29, 0.717) is 46.9 Å². The molecule has 1 aliphatic rings. The van der Waals surface area contributed by atoms with Gasteiger partial charge in [0.2, 0.25) is 0 Å². The number of aryl methyl sites for hydroxylation is 1. The third-order valence-electron chi connectivity index (χ3n) is 5.51. The lowest BCUT2D eigenvalue weighted by atomic mass is 9.97. The number of benzene rings is 1. The summed E-state index contributed by atoms with van der Waals surface area (Å²) < 4.78 is 33.5. The molecule has 4 rings (SSSR count). The molecule has 1 aliphatic heterocycles.